The van der Waals surface area contributed by atoms with Gasteiger partial charge in [-0.05, 0) is 36.8 Å². The van der Waals surface area contributed by atoms with Crippen LogP contribution in [0.15, 0.2) is 42.6 Å². The molecule has 0 radical (unpaired) electrons. The molecule has 1 N–H and O–H groups in total. The van der Waals surface area contributed by atoms with E-state index in [-0.39, 0.29) is 11.9 Å². The highest BCUT2D eigenvalue weighted by Gasteiger charge is 2.09. The monoisotopic (exact) mass is 290 g/mol. The highest BCUT2D eigenvalue weighted by Crippen LogP contribution is 2.19. The standard InChI is InChI=1S/C14H12ClFN4/c1-9(10-2-4-11(15)5-3-10)17-14-18-13-7-6-12(16)8-20(13)19-14/h2-9H,1H3,(H,17,19). The Hall–Kier alpha value is -2.14. The Balaban J connectivity index is 1.83. The zero-order valence-electron chi connectivity index (χ0n) is 10.7. The third kappa shape index (κ3) is 2.58. The van der Waals surface area contributed by atoms with Crippen LogP contribution in [0.5, 0.6) is 0 Å². The molecule has 0 spiro atoms. The van der Waals surface area contributed by atoms with Crippen LogP contribution in [0, 0.1) is 5.82 Å². The molecule has 1 unspecified atom stereocenters. The Morgan fingerprint density at radius 1 is 1.20 bits per heavy atom. The van der Waals surface area contributed by atoms with Crippen molar-refractivity contribution in [2.45, 2.75) is 13.0 Å². The van der Waals surface area contributed by atoms with Crippen LogP contribution < -0.4 is 5.32 Å². The Kier molecular flexibility index (Phi) is 3.28. The third-order valence-corrected chi connectivity index (χ3v) is 3.26. The number of nitrogens with one attached hydrogen (secondary N) is 1. The molecule has 0 aliphatic rings. The summed E-state index contributed by atoms with van der Waals surface area (Å²) in [5.41, 5.74) is 1.66. The largest absolute Gasteiger partial charge is 0.346 e. The minimum absolute atomic E-state index is 0.0227. The van der Waals surface area contributed by atoms with E-state index in [1.807, 2.05) is 31.2 Å². The van der Waals surface area contributed by atoms with Crippen molar-refractivity contribution >= 4 is 23.2 Å². The van der Waals surface area contributed by atoms with E-state index in [2.05, 4.69) is 15.4 Å². The molecular formula is C14H12ClFN4. The second-order valence-corrected chi connectivity index (χ2v) is 4.94. The Bertz CT molecular complexity index is 739. The molecule has 0 saturated heterocycles. The number of rotatable bonds is 3. The maximum atomic E-state index is 13.1. The molecule has 20 heavy (non-hydrogen) atoms. The summed E-state index contributed by atoms with van der Waals surface area (Å²) >= 11 is 5.86. The van der Waals surface area contributed by atoms with Gasteiger partial charge in [0, 0.05) is 5.02 Å². The first kappa shape index (κ1) is 12.9. The number of halogens is 2. The van der Waals surface area contributed by atoms with Gasteiger partial charge in [0.25, 0.3) is 0 Å². The van der Waals surface area contributed by atoms with Gasteiger partial charge in [0.1, 0.15) is 5.82 Å². The van der Waals surface area contributed by atoms with E-state index >= 15 is 0 Å². The van der Waals surface area contributed by atoms with E-state index in [0.29, 0.717) is 16.6 Å². The molecule has 4 nitrogen and oxygen atoms in total. The lowest BCUT2D eigenvalue weighted by Crippen LogP contribution is -2.07. The maximum Gasteiger partial charge on any atom is 0.243 e. The van der Waals surface area contributed by atoms with Crippen LogP contribution in [0.25, 0.3) is 5.65 Å². The normalized spacial score (nSPS) is 12.6. The van der Waals surface area contributed by atoms with Crippen molar-refractivity contribution in [3.8, 4) is 0 Å². The maximum absolute atomic E-state index is 13.1. The molecule has 3 aromatic rings. The number of pyridine rings is 1. The smallest absolute Gasteiger partial charge is 0.243 e. The lowest BCUT2D eigenvalue weighted by atomic mass is 10.1. The Morgan fingerprint density at radius 2 is 1.95 bits per heavy atom. The second-order valence-electron chi connectivity index (χ2n) is 4.50. The Morgan fingerprint density at radius 3 is 2.70 bits per heavy atom. The summed E-state index contributed by atoms with van der Waals surface area (Å²) in [7, 11) is 0. The molecule has 102 valence electrons. The van der Waals surface area contributed by atoms with Gasteiger partial charge in [-0.3, -0.25) is 0 Å². The fourth-order valence-corrected chi connectivity index (χ4v) is 2.07. The summed E-state index contributed by atoms with van der Waals surface area (Å²) in [6.07, 6.45) is 1.29. The molecule has 3 rings (SSSR count). The van der Waals surface area contributed by atoms with Gasteiger partial charge in [-0.15, -0.1) is 5.10 Å². The van der Waals surface area contributed by atoms with E-state index in [0.717, 1.165) is 5.56 Å². The van der Waals surface area contributed by atoms with Crippen molar-refractivity contribution in [2.75, 3.05) is 5.32 Å². The molecule has 0 fully saturated rings. The van der Waals surface area contributed by atoms with Gasteiger partial charge in [0.15, 0.2) is 5.65 Å². The molecule has 2 aromatic heterocycles. The first-order chi connectivity index (χ1) is 9.61. The van der Waals surface area contributed by atoms with E-state index < -0.39 is 0 Å². The van der Waals surface area contributed by atoms with Crippen LogP contribution in [0.1, 0.15) is 18.5 Å². The van der Waals surface area contributed by atoms with Crippen LogP contribution >= 0.6 is 11.6 Å². The van der Waals surface area contributed by atoms with E-state index in [1.54, 1.807) is 6.07 Å². The van der Waals surface area contributed by atoms with Crippen molar-refractivity contribution in [1.29, 1.82) is 0 Å². The number of benzene rings is 1. The van der Waals surface area contributed by atoms with Crippen LogP contribution in [0.2, 0.25) is 5.02 Å². The van der Waals surface area contributed by atoms with Gasteiger partial charge in [0.2, 0.25) is 5.95 Å². The summed E-state index contributed by atoms with van der Waals surface area (Å²) < 4.78 is 14.5. The average molecular weight is 291 g/mol. The van der Waals surface area contributed by atoms with Crippen molar-refractivity contribution in [1.82, 2.24) is 14.6 Å². The minimum atomic E-state index is -0.348. The van der Waals surface area contributed by atoms with E-state index in [1.165, 1.54) is 16.8 Å². The van der Waals surface area contributed by atoms with Crippen molar-refractivity contribution in [3.63, 3.8) is 0 Å². The zero-order chi connectivity index (χ0) is 14.1. The second kappa shape index (κ2) is 5.09. The van der Waals surface area contributed by atoms with Gasteiger partial charge in [0.05, 0.1) is 12.2 Å². The first-order valence-electron chi connectivity index (χ1n) is 6.16. The number of hydrogen-bond donors (Lipinski definition) is 1. The number of hydrogen-bond acceptors (Lipinski definition) is 3. The van der Waals surface area contributed by atoms with Gasteiger partial charge in [-0.25, -0.2) is 8.91 Å². The predicted molar refractivity (Wildman–Crippen MR) is 76.4 cm³/mol. The minimum Gasteiger partial charge on any atom is -0.346 e. The lowest BCUT2D eigenvalue weighted by molar-refractivity contribution is 0.614. The SMILES string of the molecule is CC(Nc1nc2ccc(F)cn2n1)c1ccc(Cl)cc1. The molecule has 6 heteroatoms. The van der Waals surface area contributed by atoms with E-state index in [4.69, 9.17) is 11.6 Å². The fourth-order valence-electron chi connectivity index (χ4n) is 1.95. The number of anilines is 1. The highest BCUT2D eigenvalue weighted by molar-refractivity contribution is 6.30. The van der Waals surface area contributed by atoms with E-state index in [9.17, 15) is 4.39 Å². The third-order valence-electron chi connectivity index (χ3n) is 3.01. The van der Waals surface area contributed by atoms with Crippen LogP contribution in [0.3, 0.4) is 0 Å². The molecule has 0 amide bonds. The molecule has 1 aromatic carbocycles. The van der Waals surface area contributed by atoms with Crippen LogP contribution in [-0.4, -0.2) is 14.6 Å². The lowest BCUT2D eigenvalue weighted by Gasteiger charge is -2.12. The van der Waals surface area contributed by atoms with Crippen molar-refractivity contribution in [2.24, 2.45) is 0 Å². The molecular weight excluding hydrogens is 279 g/mol. The molecule has 1 atom stereocenters. The van der Waals surface area contributed by atoms with Gasteiger partial charge in [-0.2, -0.15) is 4.98 Å². The fraction of sp³-hybridized carbons (Fsp3) is 0.143. The van der Waals surface area contributed by atoms with Crippen molar-refractivity contribution < 1.29 is 4.39 Å². The summed E-state index contributed by atoms with van der Waals surface area (Å²) in [4.78, 5) is 4.28. The van der Waals surface area contributed by atoms with Gasteiger partial charge >= 0.3 is 0 Å². The predicted octanol–water partition coefficient (Wildman–Crippen LogP) is 3.69. The summed E-state index contributed by atoms with van der Waals surface area (Å²) in [5, 5.41) is 8.06. The first-order valence-corrected chi connectivity index (χ1v) is 6.53. The number of nitrogens with zero attached hydrogens (tertiary/aromatic N) is 3. The zero-order valence-corrected chi connectivity index (χ0v) is 11.5. The molecule has 0 bridgehead atoms. The highest BCUT2D eigenvalue weighted by atomic mass is 35.5. The van der Waals surface area contributed by atoms with Crippen molar-refractivity contribution in [3.05, 3.63) is 59.0 Å². The van der Waals surface area contributed by atoms with Crippen LogP contribution in [0.4, 0.5) is 10.3 Å². The molecule has 2 heterocycles. The molecule has 0 aliphatic carbocycles. The quantitative estimate of drug-likeness (QED) is 0.800. The van der Waals surface area contributed by atoms with Gasteiger partial charge < -0.3 is 5.32 Å². The Labute approximate surface area is 120 Å². The summed E-state index contributed by atoms with van der Waals surface area (Å²) in [6.45, 7) is 2.00. The molecule has 0 aliphatic heterocycles. The summed E-state index contributed by atoms with van der Waals surface area (Å²) in [5.74, 6) is 0.109. The van der Waals surface area contributed by atoms with Gasteiger partial charge in [-0.1, -0.05) is 23.7 Å². The average Bonchev–Trinajstić information content (AvgIpc) is 2.80. The topological polar surface area (TPSA) is 42.2 Å². The number of fused-ring (bicyclic) bond motifs is 1. The molecule has 0 saturated carbocycles. The number of aromatic nitrogens is 3. The summed E-state index contributed by atoms with van der Waals surface area (Å²) in [6, 6.07) is 10.5. The van der Waals surface area contributed by atoms with Crippen LogP contribution in [-0.2, 0) is 0 Å².